The van der Waals surface area contributed by atoms with Crippen LogP contribution in [0.3, 0.4) is 0 Å². The lowest BCUT2D eigenvalue weighted by Gasteiger charge is -2.28. The van der Waals surface area contributed by atoms with Crippen LogP contribution in [0.4, 0.5) is 0 Å². The number of carbonyl (C=O) groups excluding carboxylic acids is 1. The van der Waals surface area contributed by atoms with E-state index in [1.165, 1.54) is 24.0 Å². The molecule has 0 radical (unpaired) electrons. The summed E-state index contributed by atoms with van der Waals surface area (Å²) in [4.78, 5) is 12.1. The third kappa shape index (κ3) is 3.22. The van der Waals surface area contributed by atoms with Crippen LogP contribution in [0.5, 0.6) is 0 Å². The van der Waals surface area contributed by atoms with Crippen molar-refractivity contribution in [3.05, 3.63) is 35.4 Å². The summed E-state index contributed by atoms with van der Waals surface area (Å²) >= 11 is 0. The molecule has 1 nitrogen and oxygen atoms in total. The maximum absolute atomic E-state index is 12.1. The molecule has 2 unspecified atom stereocenters. The van der Waals surface area contributed by atoms with Crippen molar-refractivity contribution in [1.29, 1.82) is 0 Å². The van der Waals surface area contributed by atoms with Gasteiger partial charge in [0.1, 0.15) is 5.78 Å². The number of hydrogen-bond acceptors (Lipinski definition) is 1. The minimum Gasteiger partial charge on any atom is -0.299 e. The van der Waals surface area contributed by atoms with Crippen molar-refractivity contribution < 1.29 is 4.79 Å². The molecule has 1 aliphatic rings. The third-order valence-corrected chi connectivity index (χ3v) is 4.30. The zero-order chi connectivity index (χ0) is 13.0. The number of rotatable bonds is 4. The Labute approximate surface area is 111 Å². The van der Waals surface area contributed by atoms with Gasteiger partial charge in [-0.2, -0.15) is 0 Å². The van der Waals surface area contributed by atoms with Gasteiger partial charge in [-0.3, -0.25) is 4.79 Å². The van der Waals surface area contributed by atoms with Crippen molar-refractivity contribution in [3.8, 4) is 0 Å². The van der Waals surface area contributed by atoms with E-state index in [9.17, 15) is 4.79 Å². The van der Waals surface area contributed by atoms with E-state index in [1.807, 2.05) is 0 Å². The fourth-order valence-corrected chi connectivity index (χ4v) is 3.17. The SMILES string of the molecule is CCCC1CCC(=O)C(Cc2ccccc2C)C1. The molecule has 0 bridgehead atoms. The second-order valence-corrected chi connectivity index (χ2v) is 5.72. The molecule has 1 aromatic carbocycles. The molecule has 1 aromatic rings. The minimum atomic E-state index is 0.274. The van der Waals surface area contributed by atoms with Gasteiger partial charge in [0, 0.05) is 12.3 Å². The lowest BCUT2D eigenvalue weighted by Crippen LogP contribution is -2.26. The maximum atomic E-state index is 12.1. The Morgan fingerprint density at radius 3 is 2.78 bits per heavy atom. The molecule has 2 atom stereocenters. The topological polar surface area (TPSA) is 17.1 Å². The largest absolute Gasteiger partial charge is 0.299 e. The predicted octanol–water partition coefficient (Wildman–Crippen LogP) is 4.32. The van der Waals surface area contributed by atoms with Crippen LogP contribution in [0.25, 0.3) is 0 Å². The number of carbonyl (C=O) groups is 1. The molecule has 2 rings (SSSR count). The van der Waals surface area contributed by atoms with Crippen LogP contribution in [-0.2, 0) is 11.2 Å². The summed E-state index contributed by atoms with van der Waals surface area (Å²) in [5, 5.41) is 0. The molecule has 1 aliphatic carbocycles. The average molecular weight is 244 g/mol. The van der Waals surface area contributed by atoms with E-state index in [1.54, 1.807) is 0 Å². The van der Waals surface area contributed by atoms with E-state index in [2.05, 4.69) is 38.1 Å². The van der Waals surface area contributed by atoms with Gasteiger partial charge in [0.2, 0.25) is 0 Å². The Kier molecular flexibility index (Phi) is 4.57. The van der Waals surface area contributed by atoms with Gasteiger partial charge < -0.3 is 0 Å². The monoisotopic (exact) mass is 244 g/mol. The molecule has 1 heteroatoms. The van der Waals surface area contributed by atoms with Crippen molar-refractivity contribution in [2.75, 3.05) is 0 Å². The first-order chi connectivity index (χ1) is 8.70. The normalized spacial score (nSPS) is 24.2. The number of ketones is 1. The Balaban J connectivity index is 2.03. The van der Waals surface area contributed by atoms with Gasteiger partial charge in [0.25, 0.3) is 0 Å². The molecule has 0 aromatic heterocycles. The Morgan fingerprint density at radius 1 is 1.28 bits per heavy atom. The molecule has 1 saturated carbocycles. The summed E-state index contributed by atoms with van der Waals surface area (Å²) < 4.78 is 0. The molecule has 0 spiro atoms. The van der Waals surface area contributed by atoms with E-state index in [4.69, 9.17) is 0 Å². The first-order valence-corrected chi connectivity index (χ1v) is 7.28. The molecule has 18 heavy (non-hydrogen) atoms. The highest BCUT2D eigenvalue weighted by molar-refractivity contribution is 5.82. The summed E-state index contributed by atoms with van der Waals surface area (Å²) in [5.74, 6) is 1.55. The highest BCUT2D eigenvalue weighted by Gasteiger charge is 2.28. The summed E-state index contributed by atoms with van der Waals surface area (Å²) in [7, 11) is 0. The molecule has 0 saturated heterocycles. The smallest absolute Gasteiger partial charge is 0.136 e. The van der Waals surface area contributed by atoms with E-state index >= 15 is 0 Å². The van der Waals surface area contributed by atoms with E-state index in [-0.39, 0.29) is 5.92 Å². The van der Waals surface area contributed by atoms with Crippen molar-refractivity contribution in [2.24, 2.45) is 11.8 Å². The predicted molar refractivity (Wildman–Crippen MR) is 75.6 cm³/mol. The number of Topliss-reactive ketones (excluding diaryl/α,β-unsaturated/α-hetero) is 1. The standard InChI is InChI=1S/C17H24O/c1-3-6-14-9-10-17(18)16(11-14)12-15-8-5-4-7-13(15)2/h4-5,7-8,14,16H,3,6,9-12H2,1-2H3. The Bertz CT molecular complexity index is 408. The third-order valence-electron chi connectivity index (χ3n) is 4.30. The summed E-state index contributed by atoms with van der Waals surface area (Å²) in [5.41, 5.74) is 2.68. The van der Waals surface area contributed by atoms with Gasteiger partial charge in [-0.1, -0.05) is 44.0 Å². The van der Waals surface area contributed by atoms with Gasteiger partial charge in [-0.15, -0.1) is 0 Å². The molecular formula is C17H24O. The highest BCUT2D eigenvalue weighted by Crippen LogP contribution is 2.32. The Morgan fingerprint density at radius 2 is 2.06 bits per heavy atom. The van der Waals surface area contributed by atoms with Crippen molar-refractivity contribution in [2.45, 2.75) is 52.4 Å². The first kappa shape index (κ1) is 13.3. The van der Waals surface area contributed by atoms with Crippen LogP contribution >= 0.6 is 0 Å². The molecule has 1 fully saturated rings. The summed E-state index contributed by atoms with van der Waals surface area (Å²) in [6.45, 7) is 4.39. The molecular weight excluding hydrogens is 220 g/mol. The lowest BCUT2D eigenvalue weighted by molar-refractivity contribution is -0.125. The van der Waals surface area contributed by atoms with Crippen LogP contribution in [0.1, 0.15) is 50.2 Å². The van der Waals surface area contributed by atoms with Crippen LogP contribution in [0, 0.1) is 18.8 Å². The van der Waals surface area contributed by atoms with Gasteiger partial charge in [-0.25, -0.2) is 0 Å². The van der Waals surface area contributed by atoms with Crippen molar-refractivity contribution in [1.82, 2.24) is 0 Å². The van der Waals surface area contributed by atoms with Crippen LogP contribution < -0.4 is 0 Å². The van der Waals surface area contributed by atoms with Gasteiger partial charge in [0.05, 0.1) is 0 Å². The quantitative estimate of drug-likeness (QED) is 0.770. The van der Waals surface area contributed by atoms with E-state index in [0.717, 1.165) is 31.6 Å². The molecule has 0 N–H and O–H groups in total. The molecule has 0 heterocycles. The fraction of sp³-hybridized carbons (Fsp3) is 0.588. The van der Waals surface area contributed by atoms with E-state index < -0.39 is 0 Å². The van der Waals surface area contributed by atoms with Crippen LogP contribution in [-0.4, -0.2) is 5.78 Å². The highest BCUT2D eigenvalue weighted by atomic mass is 16.1. The summed E-state index contributed by atoms with van der Waals surface area (Å²) in [6.07, 6.45) is 6.53. The van der Waals surface area contributed by atoms with Gasteiger partial charge >= 0.3 is 0 Å². The number of aryl methyl sites for hydroxylation is 1. The van der Waals surface area contributed by atoms with Gasteiger partial charge in [-0.05, 0) is 43.2 Å². The summed E-state index contributed by atoms with van der Waals surface area (Å²) in [6, 6.07) is 8.47. The molecule has 0 aliphatic heterocycles. The Hall–Kier alpha value is -1.11. The van der Waals surface area contributed by atoms with Crippen molar-refractivity contribution >= 4 is 5.78 Å². The first-order valence-electron chi connectivity index (χ1n) is 7.28. The zero-order valence-corrected chi connectivity index (χ0v) is 11.6. The molecule has 0 amide bonds. The minimum absolute atomic E-state index is 0.274. The second-order valence-electron chi connectivity index (χ2n) is 5.72. The van der Waals surface area contributed by atoms with Gasteiger partial charge in [0.15, 0.2) is 0 Å². The average Bonchev–Trinajstić information content (AvgIpc) is 2.36. The second kappa shape index (κ2) is 6.17. The number of hydrogen-bond donors (Lipinski definition) is 0. The molecule has 98 valence electrons. The van der Waals surface area contributed by atoms with Crippen molar-refractivity contribution in [3.63, 3.8) is 0 Å². The maximum Gasteiger partial charge on any atom is 0.136 e. The zero-order valence-electron chi connectivity index (χ0n) is 11.6. The van der Waals surface area contributed by atoms with Crippen LogP contribution in [0.15, 0.2) is 24.3 Å². The fourth-order valence-electron chi connectivity index (χ4n) is 3.17. The lowest BCUT2D eigenvalue weighted by atomic mass is 9.76. The van der Waals surface area contributed by atoms with E-state index in [0.29, 0.717) is 5.78 Å². The number of benzene rings is 1. The van der Waals surface area contributed by atoms with Crippen LogP contribution in [0.2, 0.25) is 0 Å².